The van der Waals surface area contributed by atoms with Gasteiger partial charge < -0.3 is 4.74 Å². The first-order valence-corrected chi connectivity index (χ1v) is 3.44. The van der Waals surface area contributed by atoms with Crippen molar-refractivity contribution in [3.63, 3.8) is 0 Å². The Morgan fingerprint density at radius 1 is 1.78 bits per heavy atom. The Morgan fingerprint density at radius 2 is 2.44 bits per heavy atom. The lowest BCUT2D eigenvalue weighted by atomic mass is 10.2. The molecule has 0 saturated carbocycles. The van der Waals surface area contributed by atoms with Gasteiger partial charge in [-0.1, -0.05) is 6.92 Å². The van der Waals surface area contributed by atoms with Crippen molar-refractivity contribution in [1.82, 2.24) is 0 Å². The molecule has 0 aromatic rings. The molecule has 3 heteroatoms. The molecule has 0 fully saturated rings. The Morgan fingerprint density at radius 3 is 2.89 bits per heavy atom. The first kappa shape index (κ1) is 8.76. The number of hydrogen-bond acceptors (Lipinski definition) is 2. The Hall–Kier alpha value is -0.240. The average molecular weight is 151 g/mol. The van der Waals surface area contributed by atoms with Gasteiger partial charge in [-0.05, 0) is 12.8 Å². The van der Waals surface area contributed by atoms with Crippen LogP contribution in [0, 0.1) is 0 Å². The summed E-state index contributed by atoms with van der Waals surface area (Å²) in [6.45, 7) is 2.88. The summed E-state index contributed by atoms with van der Waals surface area (Å²) in [6, 6.07) is 0. The Balaban J connectivity index is 2.96. The lowest BCUT2D eigenvalue weighted by molar-refractivity contribution is -0.128. The third-order valence-electron chi connectivity index (χ3n) is 1.06. The minimum absolute atomic E-state index is 0.143. The van der Waals surface area contributed by atoms with Crippen molar-refractivity contribution in [2.75, 3.05) is 6.61 Å². The summed E-state index contributed by atoms with van der Waals surface area (Å²) in [7, 11) is 0. The molecule has 0 aromatic carbocycles. The maximum atomic E-state index is 9.61. The van der Waals surface area contributed by atoms with Gasteiger partial charge in [0.25, 0.3) is 6.47 Å². The van der Waals surface area contributed by atoms with E-state index < -0.39 is 0 Å². The summed E-state index contributed by atoms with van der Waals surface area (Å²) in [4.78, 5) is 9.61. The third kappa shape index (κ3) is 5.63. The van der Waals surface area contributed by atoms with E-state index in [1.165, 1.54) is 0 Å². The number of rotatable bonds is 5. The highest BCUT2D eigenvalue weighted by atomic mass is 35.5. The molecule has 0 aromatic heterocycles. The molecule has 1 unspecified atom stereocenters. The molecule has 0 bridgehead atoms. The van der Waals surface area contributed by atoms with Crippen LogP contribution in [0.2, 0.25) is 0 Å². The van der Waals surface area contributed by atoms with Gasteiger partial charge in [0.15, 0.2) is 0 Å². The van der Waals surface area contributed by atoms with Gasteiger partial charge in [0.1, 0.15) is 0 Å². The predicted octanol–water partition coefficient (Wildman–Crippen LogP) is 1.57. The molecule has 0 N–H and O–H groups in total. The highest BCUT2D eigenvalue weighted by Crippen LogP contribution is 2.05. The van der Waals surface area contributed by atoms with Crippen LogP contribution < -0.4 is 0 Å². The number of alkyl halides is 1. The van der Waals surface area contributed by atoms with E-state index >= 15 is 0 Å². The first-order chi connectivity index (χ1) is 4.31. The molecule has 0 aliphatic carbocycles. The van der Waals surface area contributed by atoms with Gasteiger partial charge in [0.2, 0.25) is 0 Å². The molecule has 0 saturated heterocycles. The van der Waals surface area contributed by atoms with Crippen LogP contribution in [-0.4, -0.2) is 18.5 Å². The Bertz CT molecular complexity index is 75.5. The number of hydrogen-bond donors (Lipinski definition) is 0. The second-order valence-corrected chi connectivity index (χ2v) is 2.38. The van der Waals surface area contributed by atoms with Crippen LogP contribution in [0.15, 0.2) is 0 Å². The molecule has 54 valence electrons. The fourth-order valence-corrected chi connectivity index (χ4v) is 0.537. The van der Waals surface area contributed by atoms with Crippen molar-refractivity contribution in [1.29, 1.82) is 0 Å². The molecule has 0 amide bonds. The number of ether oxygens (including phenoxy) is 1. The number of carbonyl (C=O) groups excluding carboxylic acids is 1. The zero-order chi connectivity index (χ0) is 7.11. The lowest BCUT2D eigenvalue weighted by Crippen LogP contribution is -2.01. The van der Waals surface area contributed by atoms with Gasteiger partial charge >= 0.3 is 0 Å². The molecule has 0 aliphatic rings. The van der Waals surface area contributed by atoms with E-state index in [9.17, 15) is 4.79 Å². The molecule has 0 rings (SSSR count). The van der Waals surface area contributed by atoms with Crippen molar-refractivity contribution < 1.29 is 9.53 Å². The molecule has 0 spiro atoms. The van der Waals surface area contributed by atoms with Crippen LogP contribution in [0.25, 0.3) is 0 Å². The fourth-order valence-electron chi connectivity index (χ4n) is 0.448. The number of carbonyl (C=O) groups is 1. The second-order valence-electron chi connectivity index (χ2n) is 1.76. The van der Waals surface area contributed by atoms with Crippen LogP contribution in [0.3, 0.4) is 0 Å². The molecule has 2 nitrogen and oxygen atoms in total. The maximum Gasteiger partial charge on any atom is 0.293 e. The van der Waals surface area contributed by atoms with Gasteiger partial charge in [-0.25, -0.2) is 0 Å². The van der Waals surface area contributed by atoms with E-state index in [2.05, 4.69) is 4.74 Å². The lowest BCUT2D eigenvalue weighted by Gasteiger charge is -2.02. The van der Waals surface area contributed by atoms with E-state index in [0.29, 0.717) is 13.1 Å². The predicted molar refractivity (Wildman–Crippen MR) is 36.6 cm³/mol. The third-order valence-corrected chi connectivity index (χ3v) is 1.59. The number of halogens is 1. The van der Waals surface area contributed by atoms with Gasteiger partial charge in [-0.2, -0.15) is 0 Å². The minimum Gasteiger partial charge on any atom is -0.468 e. The largest absolute Gasteiger partial charge is 0.468 e. The van der Waals surface area contributed by atoms with Crippen LogP contribution in [0.1, 0.15) is 19.8 Å². The molecule has 1 atom stereocenters. The summed E-state index contributed by atoms with van der Waals surface area (Å²) in [5.74, 6) is 0. The summed E-state index contributed by atoms with van der Waals surface area (Å²) < 4.78 is 4.44. The molecule has 9 heavy (non-hydrogen) atoms. The van der Waals surface area contributed by atoms with Crippen molar-refractivity contribution in [3.8, 4) is 0 Å². The molecular weight excluding hydrogens is 140 g/mol. The molecule has 0 heterocycles. The van der Waals surface area contributed by atoms with E-state index in [0.717, 1.165) is 12.8 Å². The van der Waals surface area contributed by atoms with Gasteiger partial charge in [0.05, 0.1) is 6.61 Å². The smallest absolute Gasteiger partial charge is 0.293 e. The van der Waals surface area contributed by atoms with Gasteiger partial charge in [0, 0.05) is 5.38 Å². The SMILES string of the molecule is CCC(Cl)CCOC=O. The second kappa shape index (κ2) is 5.89. The average Bonchev–Trinajstić information content (AvgIpc) is 1.89. The van der Waals surface area contributed by atoms with Gasteiger partial charge in [-0.3, -0.25) is 4.79 Å². The van der Waals surface area contributed by atoms with E-state index in [-0.39, 0.29) is 5.38 Å². The summed E-state index contributed by atoms with van der Waals surface area (Å²) in [5.41, 5.74) is 0. The van der Waals surface area contributed by atoms with Crippen molar-refractivity contribution in [2.45, 2.75) is 25.1 Å². The topological polar surface area (TPSA) is 26.3 Å². The highest BCUT2D eigenvalue weighted by molar-refractivity contribution is 6.20. The van der Waals surface area contributed by atoms with Crippen LogP contribution >= 0.6 is 11.6 Å². The molecule has 0 radical (unpaired) electrons. The normalized spacial score (nSPS) is 12.7. The fraction of sp³-hybridized carbons (Fsp3) is 0.833. The zero-order valence-electron chi connectivity index (χ0n) is 5.47. The van der Waals surface area contributed by atoms with Crippen LogP contribution in [-0.2, 0) is 9.53 Å². The van der Waals surface area contributed by atoms with Crippen molar-refractivity contribution >= 4 is 18.1 Å². The highest BCUT2D eigenvalue weighted by Gasteiger charge is 1.98. The van der Waals surface area contributed by atoms with Crippen molar-refractivity contribution in [3.05, 3.63) is 0 Å². The molecule has 0 aliphatic heterocycles. The first-order valence-electron chi connectivity index (χ1n) is 3.00. The maximum absolute atomic E-state index is 9.61. The summed E-state index contributed by atoms with van der Waals surface area (Å²) >= 11 is 5.71. The van der Waals surface area contributed by atoms with Crippen LogP contribution in [0.5, 0.6) is 0 Å². The molecular formula is C6H11ClO2. The monoisotopic (exact) mass is 150 g/mol. The Kier molecular flexibility index (Phi) is 5.73. The van der Waals surface area contributed by atoms with Crippen LogP contribution in [0.4, 0.5) is 0 Å². The standard InChI is InChI=1S/C6H11ClO2/c1-2-6(7)3-4-9-5-8/h5-6H,2-4H2,1H3. The summed E-state index contributed by atoms with van der Waals surface area (Å²) in [5, 5.41) is 0.143. The zero-order valence-corrected chi connectivity index (χ0v) is 6.23. The minimum atomic E-state index is 0.143. The van der Waals surface area contributed by atoms with E-state index in [4.69, 9.17) is 11.6 Å². The quantitative estimate of drug-likeness (QED) is 0.338. The van der Waals surface area contributed by atoms with Gasteiger partial charge in [-0.15, -0.1) is 11.6 Å². The van der Waals surface area contributed by atoms with E-state index in [1.807, 2.05) is 6.92 Å². The van der Waals surface area contributed by atoms with E-state index in [1.54, 1.807) is 0 Å². The Labute approximate surface area is 60.1 Å². The summed E-state index contributed by atoms with van der Waals surface area (Å²) in [6.07, 6.45) is 1.67. The van der Waals surface area contributed by atoms with Crippen molar-refractivity contribution in [2.24, 2.45) is 0 Å².